The van der Waals surface area contributed by atoms with Crippen molar-refractivity contribution in [3.05, 3.63) is 64.2 Å². The van der Waals surface area contributed by atoms with Crippen LogP contribution in [0, 0.1) is 0 Å². The number of carbonyl (C=O) groups excluding carboxylic acids is 3. The number of amides is 1. The second-order valence-electron chi connectivity index (χ2n) is 5.79. The Balaban J connectivity index is 2.08. The zero-order chi connectivity index (χ0) is 21.8. The van der Waals surface area contributed by atoms with Gasteiger partial charge in [0.05, 0.1) is 29.5 Å². The average molecular weight is 430 g/mol. The van der Waals surface area contributed by atoms with Crippen LogP contribution in [0.5, 0.6) is 0 Å². The second-order valence-corrected chi connectivity index (χ2v) is 6.23. The van der Waals surface area contributed by atoms with Crippen LogP contribution in [0.1, 0.15) is 33.2 Å². The molecule has 1 N–H and O–H groups in total. The summed E-state index contributed by atoms with van der Waals surface area (Å²) in [5.74, 6) is -2.45. The Bertz CT molecular complexity index is 928. The highest BCUT2D eigenvalue weighted by atomic mass is 35.5. The van der Waals surface area contributed by atoms with Crippen molar-refractivity contribution in [2.45, 2.75) is 19.2 Å². The number of methoxy groups -OCH3 is 1. The molecule has 2 aromatic carbocycles. The normalized spacial score (nSPS) is 12.1. The van der Waals surface area contributed by atoms with E-state index >= 15 is 0 Å². The van der Waals surface area contributed by atoms with Crippen molar-refractivity contribution in [3.63, 3.8) is 0 Å². The lowest BCUT2D eigenvalue weighted by Gasteiger charge is -2.17. The lowest BCUT2D eigenvalue weighted by molar-refractivity contribution is -0.137. The molecule has 0 spiro atoms. The topological polar surface area (TPSA) is 81.7 Å². The highest BCUT2D eigenvalue weighted by Crippen LogP contribution is 2.36. The van der Waals surface area contributed by atoms with Crippen LogP contribution in [0.3, 0.4) is 0 Å². The van der Waals surface area contributed by atoms with Crippen molar-refractivity contribution < 1.29 is 37.0 Å². The van der Waals surface area contributed by atoms with Crippen LogP contribution >= 0.6 is 11.6 Å². The van der Waals surface area contributed by atoms with E-state index in [-0.39, 0.29) is 16.1 Å². The first-order chi connectivity index (χ1) is 13.5. The number of nitrogens with one attached hydrogen (secondary N) is 1. The van der Waals surface area contributed by atoms with E-state index in [1.165, 1.54) is 44.4 Å². The summed E-state index contributed by atoms with van der Waals surface area (Å²) in [7, 11) is 1.20. The lowest BCUT2D eigenvalue weighted by atomic mass is 10.1. The zero-order valence-corrected chi connectivity index (χ0v) is 15.9. The summed E-state index contributed by atoms with van der Waals surface area (Å²) in [5, 5.41) is 1.93. The van der Waals surface area contributed by atoms with Crippen molar-refractivity contribution in [1.29, 1.82) is 0 Å². The van der Waals surface area contributed by atoms with Gasteiger partial charge in [0.1, 0.15) is 0 Å². The van der Waals surface area contributed by atoms with Gasteiger partial charge in [-0.3, -0.25) is 4.79 Å². The number of alkyl halides is 3. The van der Waals surface area contributed by atoms with Gasteiger partial charge in [-0.25, -0.2) is 9.59 Å². The average Bonchev–Trinajstić information content (AvgIpc) is 2.67. The van der Waals surface area contributed by atoms with Gasteiger partial charge < -0.3 is 14.8 Å². The van der Waals surface area contributed by atoms with Crippen molar-refractivity contribution in [3.8, 4) is 0 Å². The van der Waals surface area contributed by atoms with Gasteiger partial charge in [0.25, 0.3) is 5.91 Å². The molecule has 2 rings (SSSR count). The van der Waals surface area contributed by atoms with Crippen LogP contribution < -0.4 is 5.32 Å². The van der Waals surface area contributed by atoms with Gasteiger partial charge >= 0.3 is 18.1 Å². The molecule has 0 bridgehead atoms. The maximum atomic E-state index is 13.1. The molecule has 0 saturated carbocycles. The highest BCUT2D eigenvalue weighted by molar-refractivity contribution is 6.30. The van der Waals surface area contributed by atoms with Gasteiger partial charge in [-0.15, -0.1) is 0 Å². The Morgan fingerprint density at radius 2 is 1.55 bits per heavy atom. The SMILES string of the molecule is COC(=O)c1ccc(C(=O)OC(C)C(=O)Nc2ccc(Cl)cc2C(F)(F)F)cc1. The summed E-state index contributed by atoms with van der Waals surface area (Å²) in [4.78, 5) is 35.7. The van der Waals surface area contributed by atoms with Crippen molar-refractivity contribution in [2.75, 3.05) is 12.4 Å². The fourth-order valence-electron chi connectivity index (χ4n) is 2.24. The second kappa shape index (κ2) is 8.95. The highest BCUT2D eigenvalue weighted by Gasteiger charge is 2.34. The van der Waals surface area contributed by atoms with Gasteiger partial charge in [0.2, 0.25) is 0 Å². The van der Waals surface area contributed by atoms with E-state index in [9.17, 15) is 27.6 Å². The summed E-state index contributed by atoms with van der Waals surface area (Å²) < 4.78 is 48.8. The van der Waals surface area contributed by atoms with E-state index in [2.05, 4.69) is 10.1 Å². The number of carbonyl (C=O) groups is 3. The monoisotopic (exact) mass is 429 g/mol. The molecule has 6 nitrogen and oxygen atoms in total. The first-order valence-electron chi connectivity index (χ1n) is 8.10. The minimum Gasteiger partial charge on any atom is -0.465 e. The number of benzene rings is 2. The summed E-state index contributed by atoms with van der Waals surface area (Å²) >= 11 is 5.59. The molecule has 0 radical (unpaired) electrons. The molecule has 0 aliphatic carbocycles. The van der Waals surface area contributed by atoms with Crippen molar-refractivity contribution in [1.82, 2.24) is 0 Å². The third kappa shape index (κ3) is 5.71. The third-order valence-electron chi connectivity index (χ3n) is 3.74. The van der Waals surface area contributed by atoms with E-state index in [1.54, 1.807) is 0 Å². The molecule has 0 saturated heterocycles. The van der Waals surface area contributed by atoms with Gasteiger partial charge in [-0.05, 0) is 49.4 Å². The predicted molar refractivity (Wildman–Crippen MR) is 97.7 cm³/mol. The first-order valence-corrected chi connectivity index (χ1v) is 8.47. The van der Waals surface area contributed by atoms with Crippen LogP contribution in [0.2, 0.25) is 5.02 Å². The van der Waals surface area contributed by atoms with E-state index in [1.807, 2.05) is 0 Å². The number of ether oxygens (including phenoxy) is 2. The summed E-state index contributed by atoms with van der Waals surface area (Å²) in [5.41, 5.74) is -1.40. The molecule has 10 heteroatoms. The predicted octanol–water partition coefficient (Wildman–Crippen LogP) is 4.33. The largest absolute Gasteiger partial charge is 0.465 e. The molecule has 0 heterocycles. The van der Waals surface area contributed by atoms with Gasteiger partial charge in [0, 0.05) is 5.02 Å². The standard InChI is InChI=1S/C19H15ClF3NO5/c1-10(29-18(27)12-5-3-11(4-6-12)17(26)28-2)16(25)24-15-8-7-13(20)9-14(15)19(21,22)23/h3-10H,1-2H3,(H,24,25). The van der Waals surface area contributed by atoms with Crippen molar-refractivity contribution >= 4 is 35.1 Å². The number of rotatable bonds is 5. The molecule has 29 heavy (non-hydrogen) atoms. The maximum absolute atomic E-state index is 13.1. The Kier molecular flexibility index (Phi) is 6.86. The minimum atomic E-state index is -4.74. The van der Waals surface area contributed by atoms with E-state index in [0.717, 1.165) is 6.07 Å². The third-order valence-corrected chi connectivity index (χ3v) is 3.97. The fraction of sp³-hybridized carbons (Fsp3) is 0.211. The van der Waals surface area contributed by atoms with Gasteiger partial charge in [0.15, 0.2) is 6.10 Å². The Morgan fingerprint density at radius 3 is 2.07 bits per heavy atom. The lowest BCUT2D eigenvalue weighted by Crippen LogP contribution is -2.30. The Morgan fingerprint density at radius 1 is 1.00 bits per heavy atom. The molecular weight excluding hydrogens is 415 g/mol. The number of halogens is 4. The van der Waals surface area contributed by atoms with E-state index in [4.69, 9.17) is 16.3 Å². The minimum absolute atomic E-state index is 0.0415. The van der Waals surface area contributed by atoms with Gasteiger partial charge in [-0.2, -0.15) is 13.2 Å². The zero-order valence-electron chi connectivity index (χ0n) is 15.2. The Labute approximate surface area is 168 Å². The molecule has 2 aromatic rings. The number of hydrogen-bond acceptors (Lipinski definition) is 5. The Hall–Kier alpha value is -3.07. The molecular formula is C19H15ClF3NO5. The van der Waals surface area contributed by atoms with Gasteiger partial charge in [-0.1, -0.05) is 11.6 Å². The van der Waals surface area contributed by atoms with Crippen LogP contribution in [0.15, 0.2) is 42.5 Å². The molecule has 1 amide bonds. The summed E-state index contributed by atoms with van der Waals surface area (Å²) in [6.07, 6.45) is -6.13. The molecule has 0 aliphatic rings. The molecule has 154 valence electrons. The fourth-order valence-corrected chi connectivity index (χ4v) is 2.41. The first kappa shape index (κ1) is 22.2. The number of hydrogen-bond donors (Lipinski definition) is 1. The van der Waals surface area contributed by atoms with E-state index in [0.29, 0.717) is 6.07 Å². The van der Waals surface area contributed by atoms with Crippen LogP contribution in [-0.4, -0.2) is 31.1 Å². The van der Waals surface area contributed by atoms with Crippen LogP contribution in [0.25, 0.3) is 0 Å². The smallest absolute Gasteiger partial charge is 0.418 e. The van der Waals surface area contributed by atoms with Crippen LogP contribution in [-0.2, 0) is 20.4 Å². The summed E-state index contributed by atoms with van der Waals surface area (Å²) in [6.45, 7) is 1.21. The van der Waals surface area contributed by atoms with Crippen LogP contribution in [0.4, 0.5) is 18.9 Å². The molecule has 0 aliphatic heterocycles. The number of esters is 2. The summed E-state index contributed by atoms with van der Waals surface area (Å²) in [6, 6.07) is 8.11. The number of anilines is 1. The molecule has 0 aromatic heterocycles. The maximum Gasteiger partial charge on any atom is 0.418 e. The van der Waals surface area contributed by atoms with E-state index < -0.39 is 41.4 Å². The van der Waals surface area contributed by atoms with Crippen molar-refractivity contribution in [2.24, 2.45) is 0 Å². The molecule has 1 atom stereocenters. The molecule has 1 unspecified atom stereocenters. The quantitative estimate of drug-likeness (QED) is 0.715. The molecule has 0 fully saturated rings.